The summed E-state index contributed by atoms with van der Waals surface area (Å²) >= 11 is 0. The maximum Gasteiger partial charge on any atom is 0.151 e. The molecule has 0 heterocycles. The Morgan fingerprint density at radius 3 is 2.20 bits per heavy atom. The van der Waals surface area contributed by atoms with Crippen molar-refractivity contribution in [3.05, 3.63) is 0 Å². The van der Waals surface area contributed by atoms with Gasteiger partial charge in [0.1, 0.15) is 0 Å². The van der Waals surface area contributed by atoms with Gasteiger partial charge in [0, 0.05) is 0 Å². The Balaban J connectivity index is 1.61. The van der Waals surface area contributed by atoms with Gasteiger partial charge in [-0.15, -0.1) is 0 Å². The number of aliphatic hydroxyl groups excluding tert-OH is 3. The largest absolute Gasteiger partial charge is 0.393 e. The number of fused-ring (bicyclic) bond motifs is 5. The molecule has 4 rings (SSSR count). The molecule has 4 saturated carbocycles. The van der Waals surface area contributed by atoms with Crippen molar-refractivity contribution in [3.63, 3.8) is 0 Å². The van der Waals surface area contributed by atoms with Crippen LogP contribution in [0, 0.1) is 52.3 Å². The van der Waals surface area contributed by atoms with E-state index in [1.807, 2.05) is 0 Å². The fourth-order valence-corrected chi connectivity index (χ4v) is 9.55. The maximum absolute atomic E-state index is 11.7. The van der Waals surface area contributed by atoms with Gasteiger partial charge in [-0.1, -0.05) is 34.1 Å². The Hall–Kier alpha value is -0.160. The van der Waals surface area contributed by atoms with Crippen molar-refractivity contribution in [2.45, 2.75) is 110 Å². The molecular formula is C26H46O4. The van der Waals surface area contributed by atoms with Crippen LogP contribution >= 0.6 is 0 Å². The number of hydrogen-bond acceptors (Lipinski definition) is 4. The number of rotatable bonds is 5. The lowest BCUT2D eigenvalue weighted by Crippen LogP contribution is -2.62. The van der Waals surface area contributed by atoms with Gasteiger partial charge < -0.3 is 20.4 Å². The lowest BCUT2D eigenvalue weighted by atomic mass is 9.41. The highest BCUT2D eigenvalue weighted by Crippen LogP contribution is 2.69. The SMILES string of the molecule is CC[C@@H]1[C@H](O)C2C3CC[C@H]([C@H](C)CCC(O)O)[C@@]3(C)CCC2[C@@]2(C)CC[C@@H](O)C[C@@H]12. The third-order valence-corrected chi connectivity index (χ3v) is 11.0. The summed E-state index contributed by atoms with van der Waals surface area (Å²) < 4.78 is 0. The van der Waals surface area contributed by atoms with E-state index in [4.69, 9.17) is 0 Å². The van der Waals surface area contributed by atoms with Gasteiger partial charge in [-0.25, -0.2) is 0 Å². The second kappa shape index (κ2) is 8.32. The van der Waals surface area contributed by atoms with Gasteiger partial charge in [0.05, 0.1) is 12.2 Å². The smallest absolute Gasteiger partial charge is 0.151 e. The van der Waals surface area contributed by atoms with E-state index >= 15 is 0 Å². The van der Waals surface area contributed by atoms with E-state index in [1.54, 1.807) is 0 Å². The topological polar surface area (TPSA) is 80.9 Å². The summed E-state index contributed by atoms with van der Waals surface area (Å²) in [5, 5.41) is 40.8. The predicted molar refractivity (Wildman–Crippen MR) is 118 cm³/mol. The molecular weight excluding hydrogens is 376 g/mol. The molecule has 0 bridgehead atoms. The molecule has 0 radical (unpaired) electrons. The van der Waals surface area contributed by atoms with Crippen LogP contribution in [0.4, 0.5) is 0 Å². The molecule has 0 amide bonds. The van der Waals surface area contributed by atoms with Crippen LogP contribution in [-0.4, -0.2) is 38.9 Å². The molecule has 30 heavy (non-hydrogen) atoms. The molecule has 0 aromatic carbocycles. The fourth-order valence-electron chi connectivity index (χ4n) is 9.55. The highest BCUT2D eigenvalue weighted by molar-refractivity contribution is 5.13. The molecule has 0 aromatic heterocycles. The zero-order valence-corrected chi connectivity index (χ0v) is 19.6. The van der Waals surface area contributed by atoms with Crippen molar-refractivity contribution in [3.8, 4) is 0 Å². The van der Waals surface area contributed by atoms with Crippen molar-refractivity contribution in [2.75, 3.05) is 0 Å². The molecule has 4 heteroatoms. The van der Waals surface area contributed by atoms with Crippen LogP contribution in [0.1, 0.15) is 91.9 Å². The van der Waals surface area contributed by atoms with Crippen molar-refractivity contribution < 1.29 is 20.4 Å². The summed E-state index contributed by atoms with van der Waals surface area (Å²) in [6.07, 6.45) is 8.52. The highest BCUT2D eigenvalue weighted by atomic mass is 16.5. The highest BCUT2D eigenvalue weighted by Gasteiger charge is 2.64. The first-order valence-corrected chi connectivity index (χ1v) is 12.9. The fraction of sp³-hybridized carbons (Fsp3) is 1.00. The monoisotopic (exact) mass is 422 g/mol. The second-order valence-electron chi connectivity index (χ2n) is 12.2. The molecule has 4 aliphatic rings. The minimum absolute atomic E-state index is 0.187. The quantitative estimate of drug-likeness (QED) is 0.497. The molecule has 3 unspecified atom stereocenters. The molecule has 0 aliphatic heterocycles. The molecule has 174 valence electrons. The van der Waals surface area contributed by atoms with Crippen LogP contribution in [-0.2, 0) is 0 Å². The number of aliphatic hydroxyl groups is 4. The van der Waals surface area contributed by atoms with E-state index in [0.29, 0.717) is 47.8 Å². The normalized spacial score (nSPS) is 51.9. The molecule has 0 saturated heterocycles. The lowest BCUT2D eigenvalue weighted by molar-refractivity contribution is -0.203. The van der Waals surface area contributed by atoms with Gasteiger partial charge in [-0.3, -0.25) is 0 Å². The lowest BCUT2D eigenvalue weighted by Gasteiger charge is -2.64. The Kier molecular flexibility index (Phi) is 6.38. The van der Waals surface area contributed by atoms with E-state index in [1.165, 1.54) is 25.7 Å². The zero-order chi connectivity index (χ0) is 21.8. The summed E-state index contributed by atoms with van der Waals surface area (Å²) in [5.41, 5.74) is 0.521. The third-order valence-electron chi connectivity index (χ3n) is 11.0. The zero-order valence-electron chi connectivity index (χ0n) is 19.6. The first-order valence-electron chi connectivity index (χ1n) is 12.9. The molecule has 4 nitrogen and oxygen atoms in total. The van der Waals surface area contributed by atoms with Crippen LogP contribution in [0.2, 0.25) is 0 Å². The Bertz CT molecular complexity index is 608. The van der Waals surface area contributed by atoms with Gasteiger partial charge in [0.25, 0.3) is 0 Å². The van der Waals surface area contributed by atoms with Gasteiger partial charge in [0.2, 0.25) is 0 Å². The van der Waals surface area contributed by atoms with Gasteiger partial charge in [0.15, 0.2) is 6.29 Å². The van der Waals surface area contributed by atoms with Gasteiger partial charge in [-0.05, 0) is 110 Å². The van der Waals surface area contributed by atoms with Crippen LogP contribution < -0.4 is 0 Å². The van der Waals surface area contributed by atoms with Crippen molar-refractivity contribution in [2.24, 2.45) is 52.3 Å². The van der Waals surface area contributed by atoms with E-state index in [-0.39, 0.29) is 23.0 Å². The van der Waals surface area contributed by atoms with E-state index in [9.17, 15) is 20.4 Å². The second-order valence-corrected chi connectivity index (χ2v) is 12.2. The van der Waals surface area contributed by atoms with Crippen LogP contribution in [0.15, 0.2) is 0 Å². The van der Waals surface area contributed by atoms with E-state index in [0.717, 1.165) is 32.1 Å². The standard InChI is InChI=1S/C26H46O4/c1-5-17-21-14-16(27)10-12-26(21,4)20-11-13-25(3)18(15(2)6-9-22(28)29)7-8-19(25)23(20)24(17)30/h15-24,27-30H,5-14H2,1-4H3/t15-,16-,17+,18-,19?,20?,21+,23?,24+,25-,26-/m1/s1. The van der Waals surface area contributed by atoms with E-state index in [2.05, 4.69) is 27.7 Å². The summed E-state index contributed by atoms with van der Waals surface area (Å²) in [5.74, 6) is 3.44. The predicted octanol–water partition coefficient (Wildman–Crippen LogP) is 4.34. The maximum atomic E-state index is 11.7. The molecule has 0 spiro atoms. The summed E-state index contributed by atoms with van der Waals surface area (Å²) in [6, 6.07) is 0. The minimum atomic E-state index is -1.20. The summed E-state index contributed by atoms with van der Waals surface area (Å²) in [7, 11) is 0. The average molecular weight is 423 g/mol. The van der Waals surface area contributed by atoms with Crippen LogP contribution in [0.3, 0.4) is 0 Å². The van der Waals surface area contributed by atoms with Gasteiger partial charge in [-0.2, -0.15) is 0 Å². The molecule has 4 fully saturated rings. The third kappa shape index (κ3) is 3.49. The van der Waals surface area contributed by atoms with Crippen molar-refractivity contribution in [1.82, 2.24) is 0 Å². The first-order chi connectivity index (χ1) is 14.1. The van der Waals surface area contributed by atoms with E-state index < -0.39 is 6.29 Å². The summed E-state index contributed by atoms with van der Waals surface area (Å²) in [4.78, 5) is 0. The Morgan fingerprint density at radius 2 is 1.53 bits per heavy atom. The molecule has 4 N–H and O–H groups in total. The van der Waals surface area contributed by atoms with Gasteiger partial charge >= 0.3 is 0 Å². The molecule has 0 aromatic rings. The van der Waals surface area contributed by atoms with Crippen LogP contribution in [0.25, 0.3) is 0 Å². The number of hydrogen-bond donors (Lipinski definition) is 4. The van der Waals surface area contributed by atoms with Crippen LogP contribution in [0.5, 0.6) is 0 Å². The minimum Gasteiger partial charge on any atom is -0.393 e. The molecule has 11 atom stereocenters. The Labute approximate surface area is 183 Å². The van der Waals surface area contributed by atoms with Crippen molar-refractivity contribution in [1.29, 1.82) is 0 Å². The first kappa shape index (κ1) is 23.0. The molecule has 4 aliphatic carbocycles. The van der Waals surface area contributed by atoms with Crippen molar-refractivity contribution >= 4 is 0 Å². The summed E-state index contributed by atoms with van der Waals surface area (Å²) in [6.45, 7) is 9.52. The Morgan fingerprint density at radius 1 is 0.867 bits per heavy atom. The average Bonchev–Trinajstić information content (AvgIpc) is 3.05.